The summed E-state index contributed by atoms with van der Waals surface area (Å²) in [4.78, 5) is 34.3. The Labute approximate surface area is 198 Å². The molecule has 0 fully saturated rings. The molecule has 0 saturated carbocycles. The van der Waals surface area contributed by atoms with Gasteiger partial charge in [-0.15, -0.1) is 4.99 Å². The molecule has 1 heterocycles. The minimum absolute atomic E-state index is 0.151. The molecule has 2 N–H and O–H groups in total. The minimum atomic E-state index is -0.963. The van der Waals surface area contributed by atoms with Gasteiger partial charge >= 0.3 is 12.2 Å². The second-order valence-corrected chi connectivity index (χ2v) is 9.42. The number of hydrogen-bond donors (Lipinski definition) is 1. The maximum absolute atomic E-state index is 13.1. The molecule has 0 saturated heterocycles. The maximum Gasteiger partial charge on any atom is 0.437 e. The Morgan fingerprint density at radius 2 is 1.67 bits per heavy atom. The van der Waals surface area contributed by atoms with Gasteiger partial charge in [-0.1, -0.05) is 17.7 Å². The van der Waals surface area contributed by atoms with Crippen molar-refractivity contribution in [2.45, 2.75) is 52.7 Å². The lowest BCUT2D eigenvalue weighted by molar-refractivity contribution is 0.0601. The van der Waals surface area contributed by atoms with Gasteiger partial charge in [0.25, 0.3) is 0 Å². The molecule has 2 rings (SSSR count). The van der Waals surface area contributed by atoms with Crippen molar-refractivity contribution in [2.24, 2.45) is 10.7 Å². The zero-order valence-corrected chi connectivity index (χ0v) is 20.6. The first-order chi connectivity index (χ1) is 15.2. The fourth-order valence-corrected chi connectivity index (χ4v) is 2.79. The number of carbonyl (C=O) groups excluding carboxylic acids is 2. The lowest BCUT2D eigenvalue weighted by atomic mass is 10.1. The van der Waals surface area contributed by atoms with Gasteiger partial charge in [0.15, 0.2) is 0 Å². The number of benzene rings is 1. The molecule has 1 aromatic heterocycles. The number of pyridine rings is 1. The number of amides is 2. The van der Waals surface area contributed by atoms with Crippen LogP contribution in [0.4, 0.5) is 15.3 Å². The molecule has 2 aromatic rings. The molecular weight excluding hydrogens is 448 g/mol. The summed E-state index contributed by atoms with van der Waals surface area (Å²) in [6.07, 6.45) is -0.243. The monoisotopic (exact) mass is 476 g/mol. The molecule has 0 bridgehead atoms. The number of hydrogen-bond acceptors (Lipinski definition) is 6. The predicted octanol–water partition coefficient (Wildman–Crippen LogP) is 5.40. The normalized spacial score (nSPS) is 12.2. The van der Waals surface area contributed by atoms with Gasteiger partial charge in [-0.3, -0.25) is 4.98 Å². The topological polar surface area (TPSA) is 116 Å². The summed E-state index contributed by atoms with van der Waals surface area (Å²) in [5.74, 6) is 0.141. The van der Waals surface area contributed by atoms with Crippen molar-refractivity contribution < 1.29 is 23.8 Å². The fraction of sp³-hybridized carbons (Fsp3) is 0.391. The van der Waals surface area contributed by atoms with Crippen LogP contribution < -0.4 is 15.4 Å². The lowest BCUT2D eigenvalue weighted by Gasteiger charge is -2.27. The van der Waals surface area contributed by atoms with Crippen LogP contribution in [0, 0.1) is 0 Å². The summed E-state index contributed by atoms with van der Waals surface area (Å²) in [5.41, 5.74) is 5.76. The third-order valence-corrected chi connectivity index (χ3v) is 4.17. The molecule has 10 heteroatoms. The Balaban J connectivity index is 2.58. The lowest BCUT2D eigenvalue weighted by Crippen LogP contribution is -2.45. The minimum Gasteiger partial charge on any atom is -0.497 e. The van der Waals surface area contributed by atoms with E-state index in [2.05, 4.69) is 9.98 Å². The Morgan fingerprint density at radius 3 is 2.24 bits per heavy atom. The standard InChI is InChI=1S/C23H29ClN4O5/c1-22(2,3)32-20(29)27-19(25)28(21(30)33-23(4,5)6)18-12-14(8-9-16(18)24)17-13-15(31-7)10-11-26-17/h8-13H,1-7H3,(H2,25,27,29). The number of nitrogens with zero attached hydrogens (tertiary/aromatic N) is 3. The third-order valence-electron chi connectivity index (χ3n) is 3.85. The number of halogens is 1. The Bertz CT molecular complexity index is 1060. The summed E-state index contributed by atoms with van der Waals surface area (Å²) < 4.78 is 15.9. The molecule has 0 radical (unpaired) electrons. The highest BCUT2D eigenvalue weighted by molar-refractivity contribution is 6.35. The number of aromatic nitrogens is 1. The van der Waals surface area contributed by atoms with Crippen LogP contribution in [-0.2, 0) is 9.47 Å². The molecule has 0 spiro atoms. The zero-order chi connectivity index (χ0) is 25.0. The SMILES string of the molecule is COc1ccnc(-c2ccc(Cl)c(N(C(=O)OC(C)(C)C)C(N)=NC(=O)OC(C)(C)C)c2)c1. The van der Waals surface area contributed by atoms with Crippen LogP contribution in [0.2, 0.25) is 5.02 Å². The molecule has 178 valence electrons. The molecular formula is C23H29ClN4O5. The molecule has 0 aliphatic heterocycles. The first-order valence-electron chi connectivity index (χ1n) is 10.1. The van der Waals surface area contributed by atoms with Crippen LogP contribution >= 0.6 is 11.6 Å². The molecule has 33 heavy (non-hydrogen) atoms. The summed E-state index contributed by atoms with van der Waals surface area (Å²) in [6, 6.07) is 8.32. The van der Waals surface area contributed by atoms with Crippen LogP contribution in [0.5, 0.6) is 5.75 Å². The number of anilines is 1. The zero-order valence-electron chi connectivity index (χ0n) is 19.8. The highest BCUT2D eigenvalue weighted by Gasteiger charge is 2.29. The molecule has 9 nitrogen and oxygen atoms in total. The molecule has 2 amide bonds. The van der Waals surface area contributed by atoms with Crippen LogP contribution in [0.3, 0.4) is 0 Å². The Kier molecular flexibility index (Phi) is 7.92. The van der Waals surface area contributed by atoms with E-state index in [1.165, 1.54) is 0 Å². The number of aliphatic imine (C=N–C) groups is 1. The second-order valence-electron chi connectivity index (χ2n) is 9.01. The van der Waals surface area contributed by atoms with Crippen molar-refractivity contribution in [3.8, 4) is 17.0 Å². The number of carbonyl (C=O) groups is 2. The number of guanidine groups is 1. The smallest absolute Gasteiger partial charge is 0.437 e. The van der Waals surface area contributed by atoms with Crippen molar-refractivity contribution in [1.82, 2.24) is 4.98 Å². The summed E-state index contributed by atoms with van der Waals surface area (Å²) in [7, 11) is 1.55. The van der Waals surface area contributed by atoms with Crippen molar-refractivity contribution >= 4 is 35.4 Å². The van der Waals surface area contributed by atoms with Crippen molar-refractivity contribution in [3.05, 3.63) is 41.6 Å². The Hall–Kier alpha value is -3.33. The number of nitrogens with two attached hydrogens (primary N) is 1. The van der Waals surface area contributed by atoms with E-state index in [4.69, 9.17) is 31.5 Å². The quantitative estimate of drug-likeness (QED) is 0.465. The largest absolute Gasteiger partial charge is 0.497 e. The summed E-state index contributed by atoms with van der Waals surface area (Å²) in [5, 5.41) is 0.176. The summed E-state index contributed by atoms with van der Waals surface area (Å²) in [6.45, 7) is 10.1. The van der Waals surface area contributed by atoms with Crippen LogP contribution in [0.1, 0.15) is 41.5 Å². The molecule has 1 aromatic carbocycles. The van der Waals surface area contributed by atoms with Gasteiger partial charge in [-0.25, -0.2) is 14.5 Å². The molecule has 0 unspecified atom stereocenters. The number of ether oxygens (including phenoxy) is 3. The first kappa shape index (κ1) is 25.9. The average molecular weight is 477 g/mol. The van der Waals surface area contributed by atoms with Gasteiger partial charge in [0.1, 0.15) is 17.0 Å². The van der Waals surface area contributed by atoms with Gasteiger partial charge in [-0.2, -0.15) is 0 Å². The van der Waals surface area contributed by atoms with Gasteiger partial charge in [0.2, 0.25) is 5.96 Å². The maximum atomic E-state index is 13.1. The predicted molar refractivity (Wildman–Crippen MR) is 128 cm³/mol. The highest BCUT2D eigenvalue weighted by Crippen LogP contribution is 2.33. The van der Waals surface area contributed by atoms with E-state index in [1.54, 1.807) is 85.2 Å². The van der Waals surface area contributed by atoms with E-state index in [0.717, 1.165) is 4.90 Å². The van der Waals surface area contributed by atoms with Crippen LogP contribution in [0.15, 0.2) is 41.5 Å². The summed E-state index contributed by atoms with van der Waals surface area (Å²) >= 11 is 6.42. The van der Waals surface area contributed by atoms with E-state index in [9.17, 15) is 9.59 Å². The third kappa shape index (κ3) is 7.64. The van der Waals surface area contributed by atoms with E-state index in [0.29, 0.717) is 17.0 Å². The highest BCUT2D eigenvalue weighted by atomic mass is 35.5. The van der Waals surface area contributed by atoms with Gasteiger partial charge < -0.3 is 19.9 Å². The molecule has 0 aliphatic carbocycles. The average Bonchev–Trinajstić information content (AvgIpc) is 2.66. The number of methoxy groups -OCH3 is 1. The van der Waals surface area contributed by atoms with Crippen molar-refractivity contribution in [3.63, 3.8) is 0 Å². The van der Waals surface area contributed by atoms with E-state index < -0.39 is 29.3 Å². The second kappa shape index (κ2) is 10.1. The van der Waals surface area contributed by atoms with Gasteiger partial charge in [-0.05, 0) is 59.7 Å². The fourth-order valence-electron chi connectivity index (χ4n) is 2.59. The van der Waals surface area contributed by atoms with Crippen LogP contribution in [0.25, 0.3) is 11.3 Å². The molecule has 0 atom stereocenters. The first-order valence-corrected chi connectivity index (χ1v) is 10.5. The number of rotatable bonds is 3. The van der Waals surface area contributed by atoms with Crippen molar-refractivity contribution in [1.29, 1.82) is 0 Å². The van der Waals surface area contributed by atoms with Gasteiger partial charge in [0.05, 0.1) is 23.5 Å². The van der Waals surface area contributed by atoms with E-state index >= 15 is 0 Å². The molecule has 0 aliphatic rings. The van der Waals surface area contributed by atoms with E-state index in [1.807, 2.05) is 0 Å². The van der Waals surface area contributed by atoms with Crippen LogP contribution in [-0.4, -0.2) is 41.4 Å². The van der Waals surface area contributed by atoms with Gasteiger partial charge in [0, 0.05) is 17.8 Å². The van der Waals surface area contributed by atoms with Crippen molar-refractivity contribution in [2.75, 3.05) is 12.0 Å². The van der Waals surface area contributed by atoms with E-state index in [-0.39, 0.29) is 10.7 Å². The Morgan fingerprint density at radius 1 is 1.03 bits per heavy atom.